The molecule has 0 aromatic heterocycles. The van der Waals surface area contributed by atoms with E-state index in [4.69, 9.17) is 2.05 Å². The van der Waals surface area contributed by atoms with Gasteiger partial charge in [-0.2, -0.15) is 0 Å². The van der Waals surface area contributed by atoms with Crippen LogP contribution >= 0.6 is 0 Å². The fourth-order valence-electron chi connectivity index (χ4n) is 1.02. The van der Waals surface area contributed by atoms with Crippen molar-refractivity contribution in [1.29, 1.82) is 0 Å². The summed E-state index contributed by atoms with van der Waals surface area (Å²) in [7, 11) is 0. The molecular weight excluding hydrogens is 165 g/mol. The van der Waals surface area contributed by atoms with Crippen molar-refractivity contribution in [3.8, 4) is 0 Å². The maximum atomic E-state index is 5.24. The predicted octanol–water partition coefficient (Wildman–Crippen LogP) is 1.41. The molecule has 0 N–H and O–H groups in total. The van der Waals surface area contributed by atoms with Gasteiger partial charge in [0.05, 0.1) is 0 Å². The van der Waals surface area contributed by atoms with E-state index in [-0.39, 0.29) is 0 Å². The minimum absolute atomic E-state index is 0.655. The van der Waals surface area contributed by atoms with Crippen LogP contribution in [0.3, 0.4) is 0 Å². The van der Waals surface area contributed by atoms with Crippen molar-refractivity contribution >= 4 is 0 Å². The van der Waals surface area contributed by atoms with Gasteiger partial charge in [0.15, 0.2) is 0 Å². The van der Waals surface area contributed by atoms with Crippen LogP contribution in [0.1, 0.15) is 25.7 Å². The first-order valence-corrected chi connectivity index (χ1v) is 3.95. The van der Waals surface area contributed by atoms with Gasteiger partial charge in [-0.1, -0.05) is 0 Å². The first kappa shape index (κ1) is 6.19. The third kappa shape index (κ3) is 1.79. The Morgan fingerprint density at radius 1 is 1.29 bits per heavy atom. The Balaban J connectivity index is 2.14. The zero-order chi connectivity index (χ0) is 5.11. The molecule has 1 fully saturated rings. The molecule has 0 aliphatic heterocycles. The molecule has 0 spiro atoms. The molecular formula is C5H9OY. The van der Waals surface area contributed by atoms with Gasteiger partial charge in [-0.05, 0) is 0 Å². The van der Waals surface area contributed by atoms with Crippen LogP contribution in [0, 0.1) is 0 Å². The van der Waals surface area contributed by atoms with Crippen molar-refractivity contribution in [3.05, 3.63) is 0 Å². The van der Waals surface area contributed by atoms with Crippen molar-refractivity contribution < 1.29 is 33.5 Å². The Hall–Kier alpha value is 1.06. The average Bonchev–Trinajstić information content (AvgIpc) is 2.14. The minimum atomic E-state index is 0.655. The summed E-state index contributed by atoms with van der Waals surface area (Å²) in [4.78, 5) is 0. The van der Waals surface area contributed by atoms with E-state index in [1.54, 1.807) is 0 Å². The number of rotatable bonds is 1. The molecule has 0 amide bonds. The van der Waals surface area contributed by atoms with E-state index in [1.165, 1.54) is 25.7 Å². The van der Waals surface area contributed by atoms with Gasteiger partial charge in [0, 0.05) is 0 Å². The second-order valence-corrected chi connectivity index (χ2v) is 2.71. The summed E-state index contributed by atoms with van der Waals surface area (Å²) >= 11 is 0.987. The average molecular weight is 174 g/mol. The summed E-state index contributed by atoms with van der Waals surface area (Å²) in [6.45, 7) is 0. The summed E-state index contributed by atoms with van der Waals surface area (Å²) < 4.78 is 5.24. The molecule has 1 aliphatic rings. The van der Waals surface area contributed by atoms with E-state index in [9.17, 15) is 0 Å². The summed E-state index contributed by atoms with van der Waals surface area (Å²) in [5.74, 6) is 0. The van der Waals surface area contributed by atoms with Crippen LogP contribution in [0.2, 0.25) is 0 Å². The molecule has 7 heavy (non-hydrogen) atoms. The van der Waals surface area contributed by atoms with E-state index in [1.807, 2.05) is 0 Å². The van der Waals surface area contributed by atoms with Gasteiger partial charge in [0.25, 0.3) is 0 Å². The Labute approximate surface area is 65.1 Å². The Bertz CT molecular complexity index is 50.0. The maximum absolute atomic E-state index is 5.24. The molecule has 0 aromatic rings. The zero-order valence-electron chi connectivity index (χ0n) is 4.39. The third-order valence-electron chi connectivity index (χ3n) is 1.49. The topological polar surface area (TPSA) is 9.23 Å². The standard InChI is InChI=1S/C5H9O.Y/c6-5-3-1-2-4-5;/h5H,1-4H2;/q-1;+1. The van der Waals surface area contributed by atoms with Crippen LogP contribution in [0.4, 0.5) is 0 Å². The van der Waals surface area contributed by atoms with E-state index in [0.717, 1.165) is 31.5 Å². The van der Waals surface area contributed by atoms with Crippen molar-refractivity contribution in [2.75, 3.05) is 0 Å². The molecule has 0 heterocycles. The number of hydrogen-bond acceptors (Lipinski definition) is 1. The summed E-state index contributed by atoms with van der Waals surface area (Å²) in [5, 5.41) is 0. The molecule has 0 saturated heterocycles. The normalized spacial score (nSPS) is 23.3. The molecule has 0 bridgehead atoms. The Morgan fingerprint density at radius 2 is 1.86 bits per heavy atom. The molecule has 1 saturated carbocycles. The van der Waals surface area contributed by atoms with Crippen molar-refractivity contribution in [3.63, 3.8) is 0 Å². The molecule has 38 valence electrons. The van der Waals surface area contributed by atoms with Crippen LogP contribution in [0.15, 0.2) is 0 Å². The SMILES string of the molecule is [Y][O]C1CCCC1. The van der Waals surface area contributed by atoms with Gasteiger partial charge >= 0.3 is 65.3 Å². The Kier molecular flexibility index (Phi) is 2.79. The van der Waals surface area contributed by atoms with Gasteiger partial charge in [0.1, 0.15) is 0 Å². The fourth-order valence-corrected chi connectivity index (χ4v) is 1.69. The van der Waals surface area contributed by atoms with Gasteiger partial charge in [-0.25, -0.2) is 0 Å². The fraction of sp³-hybridized carbons (Fsp3) is 1.00. The zero-order valence-corrected chi connectivity index (χ0v) is 7.23. The third-order valence-corrected chi connectivity index (χ3v) is 2.44. The van der Waals surface area contributed by atoms with Crippen molar-refractivity contribution in [2.24, 2.45) is 0 Å². The molecule has 1 rings (SSSR count). The molecule has 0 radical (unpaired) electrons. The molecule has 0 aromatic carbocycles. The first-order valence-electron chi connectivity index (χ1n) is 2.79. The van der Waals surface area contributed by atoms with Gasteiger partial charge in [-0.15, -0.1) is 0 Å². The van der Waals surface area contributed by atoms with Gasteiger partial charge < -0.3 is 0 Å². The van der Waals surface area contributed by atoms with Crippen molar-refractivity contribution in [1.82, 2.24) is 0 Å². The van der Waals surface area contributed by atoms with Crippen LogP contribution in [0.25, 0.3) is 0 Å². The summed E-state index contributed by atoms with van der Waals surface area (Å²) in [6.07, 6.45) is 6.09. The van der Waals surface area contributed by atoms with E-state index < -0.39 is 0 Å². The van der Waals surface area contributed by atoms with Crippen LogP contribution < -0.4 is 0 Å². The number of hydrogen-bond donors (Lipinski definition) is 0. The van der Waals surface area contributed by atoms with Crippen molar-refractivity contribution in [2.45, 2.75) is 31.8 Å². The summed E-state index contributed by atoms with van der Waals surface area (Å²) in [5.41, 5.74) is 0. The predicted molar refractivity (Wildman–Crippen MR) is 23.3 cm³/mol. The molecule has 0 unspecified atom stereocenters. The molecule has 2 heteroatoms. The second kappa shape index (κ2) is 3.16. The molecule has 1 aliphatic carbocycles. The molecule has 0 atom stereocenters. The van der Waals surface area contributed by atoms with E-state index >= 15 is 0 Å². The van der Waals surface area contributed by atoms with Gasteiger partial charge in [-0.3, -0.25) is 0 Å². The van der Waals surface area contributed by atoms with Crippen LogP contribution in [0.5, 0.6) is 0 Å². The quantitative estimate of drug-likeness (QED) is 0.583. The first-order chi connectivity index (χ1) is 3.43. The Morgan fingerprint density at radius 3 is 2.14 bits per heavy atom. The van der Waals surface area contributed by atoms with Gasteiger partial charge in [0.2, 0.25) is 0 Å². The molecule has 1 nitrogen and oxygen atoms in total. The summed E-state index contributed by atoms with van der Waals surface area (Å²) in [6, 6.07) is 0. The van der Waals surface area contributed by atoms with Crippen LogP contribution in [-0.4, -0.2) is 6.10 Å². The van der Waals surface area contributed by atoms with E-state index in [2.05, 4.69) is 0 Å². The monoisotopic (exact) mass is 174 g/mol. The van der Waals surface area contributed by atoms with Crippen LogP contribution in [-0.2, 0) is 33.5 Å². The second-order valence-electron chi connectivity index (χ2n) is 2.04. The van der Waals surface area contributed by atoms with E-state index in [0.29, 0.717) is 6.10 Å².